The van der Waals surface area contributed by atoms with Crippen LogP contribution in [0.4, 0.5) is 0 Å². The number of aromatic nitrogens is 2. The summed E-state index contributed by atoms with van der Waals surface area (Å²) in [6.07, 6.45) is 0. The molecule has 0 saturated heterocycles. The van der Waals surface area contributed by atoms with E-state index in [0.29, 0.717) is 6.54 Å². The molecule has 2 rings (SSSR count). The smallest absolute Gasteiger partial charge is 0.188 e. The van der Waals surface area contributed by atoms with E-state index in [1.807, 2.05) is 39.0 Å². The fourth-order valence-electron chi connectivity index (χ4n) is 1.90. The maximum atomic E-state index is 5.93. The molecule has 0 bridgehead atoms. The van der Waals surface area contributed by atoms with Crippen molar-refractivity contribution in [2.45, 2.75) is 31.2 Å². The predicted molar refractivity (Wildman–Crippen MR) is 88.0 cm³/mol. The van der Waals surface area contributed by atoms with Crippen LogP contribution < -0.4 is 5.73 Å². The molecule has 1 unspecified atom stereocenters. The number of benzene rings is 1. The molecule has 2 aromatic rings. The molecule has 20 heavy (non-hydrogen) atoms. The average Bonchev–Trinajstić information content (AvgIpc) is 2.43. The Morgan fingerprint density at radius 3 is 2.30 bits per heavy atom. The number of thioether (sulfide) groups is 1. The first-order valence-corrected chi connectivity index (χ1v) is 8.13. The van der Waals surface area contributed by atoms with Crippen LogP contribution >= 0.6 is 27.7 Å². The van der Waals surface area contributed by atoms with Crippen LogP contribution in [0.15, 0.2) is 33.9 Å². The molecule has 3 nitrogen and oxygen atoms in total. The minimum Gasteiger partial charge on any atom is -0.329 e. The highest BCUT2D eigenvalue weighted by Crippen LogP contribution is 2.36. The second-order valence-electron chi connectivity index (χ2n) is 4.67. The van der Waals surface area contributed by atoms with Gasteiger partial charge in [-0.15, -0.1) is 0 Å². The Balaban J connectivity index is 2.30. The topological polar surface area (TPSA) is 51.8 Å². The Labute approximate surface area is 132 Å². The molecule has 5 heteroatoms. The quantitative estimate of drug-likeness (QED) is 0.669. The maximum Gasteiger partial charge on any atom is 0.188 e. The Hall–Kier alpha value is -0.910. The Bertz CT molecular complexity index is 593. The van der Waals surface area contributed by atoms with Gasteiger partial charge in [0.2, 0.25) is 0 Å². The summed E-state index contributed by atoms with van der Waals surface area (Å²) in [6, 6.07) is 8.14. The molecular formula is C15H18BrN3S. The maximum absolute atomic E-state index is 5.93. The standard InChI is InChI=1S/C15H18BrN3S/c1-9-10(2)18-15(19-11(9)3)20-14(8-17)12-6-4-5-7-13(12)16/h4-7,14H,8,17H2,1-3H3. The lowest BCUT2D eigenvalue weighted by Crippen LogP contribution is -2.11. The minimum atomic E-state index is 0.145. The number of hydrogen-bond donors (Lipinski definition) is 1. The normalized spacial score (nSPS) is 12.4. The van der Waals surface area contributed by atoms with Gasteiger partial charge in [0.05, 0.1) is 5.25 Å². The van der Waals surface area contributed by atoms with Gasteiger partial charge in [-0.25, -0.2) is 9.97 Å². The number of nitrogens with zero attached hydrogens (tertiary/aromatic N) is 2. The SMILES string of the molecule is Cc1nc(SC(CN)c2ccccc2Br)nc(C)c1C. The summed E-state index contributed by atoms with van der Waals surface area (Å²) in [5.41, 5.74) is 10.3. The van der Waals surface area contributed by atoms with E-state index in [0.717, 1.165) is 26.6 Å². The molecular weight excluding hydrogens is 334 g/mol. The van der Waals surface area contributed by atoms with E-state index < -0.39 is 0 Å². The molecule has 1 aromatic carbocycles. The molecule has 106 valence electrons. The van der Waals surface area contributed by atoms with Gasteiger partial charge >= 0.3 is 0 Å². The molecule has 1 atom stereocenters. The van der Waals surface area contributed by atoms with Crippen molar-refractivity contribution < 1.29 is 0 Å². The van der Waals surface area contributed by atoms with Crippen LogP contribution in [-0.4, -0.2) is 16.5 Å². The van der Waals surface area contributed by atoms with Gasteiger partial charge in [0.25, 0.3) is 0 Å². The van der Waals surface area contributed by atoms with Crippen LogP contribution in [-0.2, 0) is 0 Å². The molecule has 1 heterocycles. The van der Waals surface area contributed by atoms with Gasteiger partial charge in [-0.05, 0) is 38.0 Å². The van der Waals surface area contributed by atoms with E-state index in [9.17, 15) is 0 Å². The van der Waals surface area contributed by atoms with Gasteiger partial charge in [-0.1, -0.05) is 45.9 Å². The van der Waals surface area contributed by atoms with Crippen LogP contribution in [0.2, 0.25) is 0 Å². The largest absolute Gasteiger partial charge is 0.329 e. The van der Waals surface area contributed by atoms with Crippen molar-refractivity contribution in [2.24, 2.45) is 5.73 Å². The van der Waals surface area contributed by atoms with Crippen molar-refractivity contribution >= 4 is 27.7 Å². The van der Waals surface area contributed by atoms with Crippen molar-refractivity contribution in [2.75, 3.05) is 6.54 Å². The molecule has 0 radical (unpaired) electrons. The zero-order chi connectivity index (χ0) is 14.7. The minimum absolute atomic E-state index is 0.145. The second-order valence-corrected chi connectivity index (χ2v) is 6.69. The third-order valence-electron chi connectivity index (χ3n) is 3.33. The first-order valence-electron chi connectivity index (χ1n) is 6.46. The van der Waals surface area contributed by atoms with Crippen molar-refractivity contribution in [3.63, 3.8) is 0 Å². The fraction of sp³-hybridized carbons (Fsp3) is 0.333. The highest BCUT2D eigenvalue weighted by molar-refractivity contribution is 9.10. The summed E-state index contributed by atoms with van der Waals surface area (Å²) in [6.45, 7) is 6.63. The van der Waals surface area contributed by atoms with Gasteiger partial charge in [0.15, 0.2) is 5.16 Å². The summed E-state index contributed by atoms with van der Waals surface area (Å²) >= 11 is 5.20. The summed E-state index contributed by atoms with van der Waals surface area (Å²) < 4.78 is 1.07. The molecule has 0 fully saturated rings. The summed E-state index contributed by atoms with van der Waals surface area (Å²) in [4.78, 5) is 9.11. The average molecular weight is 352 g/mol. The molecule has 0 aliphatic heterocycles. The zero-order valence-corrected chi connectivity index (χ0v) is 14.3. The molecule has 0 saturated carbocycles. The van der Waals surface area contributed by atoms with Crippen molar-refractivity contribution in [1.29, 1.82) is 0 Å². The van der Waals surface area contributed by atoms with E-state index in [1.54, 1.807) is 11.8 Å². The zero-order valence-electron chi connectivity index (χ0n) is 11.9. The van der Waals surface area contributed by atoms with Crippen LogP contribution in [0, 0.1) is 20.8 Å². The molecule has 2 N–H and O–H groups in total. The number of aryl methyl sites for hydroxylation is 2. The molecule has 0 aliphatic rings. The van der Waals surface area contributed by atoms with E-state index >= 15 is 0 Å². The van der Waals surface area contributed by atoms with Crippen molar-refractivity contribution in [1.82, 2.24) is 9.97 Å². The third-order valence-corrected chi connectivity index (χ3v) is 5.17. The van der Waals surface area contributed by atoms with Gasteiger partial charge < -0.3 is 5.73 Å². The Kier molecular flexibility index (Phi) is 5.18. The fourth-order valence-corrected chi connectivity index (χ4v) is 3.67. The van der Waals surface area contributed by atoms with Gasteiger partial charge in [-0.3, -0.25) is 0 Å². The van der Waals surface area contributed by atoms with Crippen LogP contribution in [0.3, 0.4) is 0 Å². The summed E-state index contributed by atoms with van der Waals surface area (Å²) in [5, 5.41) is 0.934. The van der Waals surface area contributed by atoms with E-state index in [4.69, 9.17) is 5.73 Å². The van der Waals surface area contributed by atoms with Crippen molar-refractivity contribution in [3.8, 4) is 0 Å². The van der Waals surface area contributed by atoms with E-state index in [1.165, 1.54) is 5.56 Å². The second kappa shape index (κ2) is 6.70. The van der Waals surface area contributed by atoms with Crippen LogP contribution in [0.1, 0.15) is 27.8 Å². The van der Waals surface area contributed by atoms with E-state index in [-0.39, 0.29) is 5.25 Å². The van der Waals surface area contributed by atoms with Crippen LogP contribution in [0.5, 0.6) is 0 Å². The highest BCUT2D eigenvalue weighted by Gasteiger charge is 2.16. The third kappa shape index (κ3) is 3.40. The molecule has 0 aliphatic carbocycles. The lowest BCUT2D eigenvalue weighted by atomic mass is 10.1. The number of halogens is 1. The lowest BCUT2D eigenvalue weighted by Gasteiger charge is -2.16. The van der Waals surface area contributed by atoms with E-state index in [2.05, 4.69) is 32.0 Å². The monoisotopic (exact) mass is 351 g/mol. The Morgan fingerprint density at radius 2 is 1.75 bits per heavy atom. The first-order chi connectivity index (χ1) is 9.52. The van der Waals surface area contributed by atoms with Gasteiger partial charge in [-0.2, -0.15) is 0 Å². The van der Waals surface area contributed by atoms with Gasteiger partial charge in [0.1, 0.15) is 0 Å². The Morgan fingerprint density at radius 1 is 1.15 bits per heavy atom. The lowest BCUT2D eigenvalue weighted by molar-refractivity contribution is 0.862. The summed E-state index contributed by atoms with van der Waals surface area (Å²) in [7, 11) is 0. The predicted octanol–water partition coefficient (Wildman–Crippen LogP) is 3.96. The molecule has 1 aromatic heterocycles. The van der Waals surface area contributed by atoms with Gasteiger partial charge in [0, 0.05) is 22.4 Å². The van der Waals surface area contributed by atoms with Crippen molar-refractivity contribution in [3.05, 3.63) is 51.3 Å². The van der Waals surface area contributed by atoms with Crippen LogP contribution in [0.25, 0.3) is 0 Å². The molecule has 0 amide bonds. The highest BCUT2D eigenvalue weighted by atomic mass is 79.9. The number of nitrogens with two attached hydrogens (primary N) is 1. The molecule has 0 spiro atoms. The number of rotatable bonds is 4. The summed E-state index contributed by atoms with van der Waals surface area (Å²) in [5.74, 6) is 0. The number of hydrogen-bond acceptors (Lipinski definition) is 4. The first kappa shape index (κ1) is 15.5.